The molecule has 8 nitrogen and oxygen atoms in total. The molecule has 2 N–H and O–H groups in total. The largest absolute Gasteiger partial charge is 0.352 e. The van der Waals surface area contributed by atoms with Crippen molar-refractivity contribution in [3.63, 3.8) is 0 Å². The molecule has 1 saturated carbocycles. The van der Waals surface area contributed by atoms with E-state index in [-0.39, 0.29) is 17.6 Å². The van der Waals surface area contributed by atoms with Gasteiger partial charge in [-0.25, -0.2) is 14.8 Å². The first kappa shape index (κ1) is 23.3. The highest BCUT2D eigenvalue weighted by Gasteiger charge is 2.25. The maximum atomic E-state index is 13.6. The molecule has 2 amide bonds. The molecule has 0 spiro atoms. The molecule has 5 rings (SSSR count). The van der Waals surface area contributed by atoms with Gasteiger partial charge in [0.15, 0.2) is 11.5 Å². The molecule has 0 radical (unpaired) electrons. The SMILES string of the molecule is Cc1ccc(Cn2c(=O)c(N3CCC(NC(=O)NC4CCCCC4)CC3)nc3cccnc32)cc1. The van der Waals surface area contributed by atoms with E-state index in [1.807, 2.05) is 24.3 Å². The Labute approximate surface area is 205 Å². The van der Waals surface area contributed by atoms with E-state index < -0.39 is 0 Å². The molecule has 2 aromatic heterocycles. The molecular formula is C27H34N6O2. The third-order valence-corrected chi connectivity index (χ3v) is 7.22. The van der Waals surface area contributed by atoms with Gasteiger partial charge in [-0.1, -0.05) is 49.1 Å². The monoisotopic (exact) mass is 474 g/mol. The summed E-state index contributed by atoms with van der Waals surface area (Å²) in [5.74, 6) is 0.461. The van der Waals surface area contributed by atoms with Crippen LogP contribution in [0.15, 0.2) is 47.4 Å². The fourth-order valence-electron chi connectivity index (χ4n) is 5.19. The molecule has 35 heavy (non-hydrogen) atoms. The summed E-state index contributed by atoms with van der Waals surface area (Å²) in [6, 6.07) is 12.3. The number of piperidine rings is 1. The molecule has 0 bridgehead atoms. The number of urea groups is 1. The number of hydrogen-bond acceptors (Lipinski definition) is 5. The number of hydrogen-bond donors (Lipinski definition) is 2. The number of pyridine rings is 1. The van der Waals surface area contributed by atoms with Crippen LogP contribution in [0.3, 0.4) is 0 Å². The van der Waals surface area contributed by atoms with Gasteiger partial charge >= 0.3 is 6.03 Å². The van der Waals surface area contributed by atoms with Crippen molar-refractivity contribution in [1.82, 2.24) is 25.2 Å². The number of nitrogens with zero attached hydrogens (tertiary/aromatic N) is 4. The number of aryl methyl sites for hydroxylation is 1. The summed E-state index contributed by atoms with van der Waals surface area (Å²) in [5.41, 5.74) is 3.41. The summed E-state index contributed by atoms with van der Waals surface area (Å²) in [6.45, 7) is 3.84. The number of nitrogens with one attached hydrogen (secondary N) is 2. The molecule has 3 aromatic rings. The van der Waals surface area contributed by atoms with Crippen molar-refractivity contribution >= 4 is 23.0 Å². The second-order valence-electron chi connectivity index (χ2n) is 9.87. The fourth-order valence-corrected chi connectivity index (χ4v) is 5.19. The molecular weight excluding hydrogens is 440 g/mol. The standard InChI is InChI=1S/C27H34N6O2/c1-19-9-11-20(12-10-19)18-33-24-23(8-5-15-28-24)31-25(26(33)34)32-16-13-22(14-17-32)30-27(35)29-21-6-3-2-4-7-21/h5,8-12,15,21-22H,2-4,6-7,13-14,16-18H2,1H3,(H2,29,30,35). The van der Waals surface area contributed by atoms with Crippen molar-refractivity contribution in [2.75, 3.05) is 18.0 Å². The van der Waals surface area contributed by atoms with Gasteiger partial charge in [0.2, 0.25) is 0 Å². The Hall–Kier alpha value is -3.42. The molecule has 3 heterocycles. The lowest BCUT2D eigenvalue weighted by Gasteiger charge is -2.33. The van der Waals surface area contributed by atoms with Crippen LogP contribution in [0.25, 0.3) is 11.2 Å². The number of amides is 2. The van der Waals surface area contributed by atoms with Gasteiger partial charge in [0.05, 0.1) is 6.54 Å². The minimum absolute atomic E-state index is 0.0642. The Morgan fingerprint density at radius 2 is 1.66 bits per heavy atom. The minimum atomic E-state index is -0.127. The summed E-state index contributed by atoms with van der Waals surface area (Å²) in [4.78, 5) is 37.3. The maximum Gasteiger partial charge on any atom is 0.315 e. The average Bonchev–Trinajstić information content (AvgIpc) is 2.88. The normalized spacial score (nSPS) is 17.5. The van der Waals surface area contributed by atoms with Gasteiger partial charge in [-0.15, -0.1) is 0 Å². The molecule has 8 heteroatoms. The Morgan fingerprint density at radius 1 is 0.971 bits per heavy atom. The van der Waals surface area contributed by atoms with Crippen molar-refractivity contribution in [2.45, 2.75) is 70.5 Å². The van der Waals surface area contributed by atoms with Gasteiger partial charge in [-0.05, 0) is 50.3 Å². The van der Waals surface area contributed by atoms with Crippen molar-refractivity contribution < 1.29 is 4.79 Å². The van der Waals surface area contributed by atoms with Crippen LogP contribution in [0, 0.1) is 6.92 Å². The predicted octanol–water partition coefficient (Wildman–Crippen LogP) is 3.75. The van der Waals surface area contributed by atoms with Gasteiger partial charge in [-0.3, -0.25) is 9.36 Å². The number of rotatable bonds is 5. The highest BCUT2D eigenvalue weighted by atomic mass is 16.2. The molecule has 1 aliphatic heterocycles. The molecule has 2 fully saturated rings. The molecule has 1 aliphatic carbocycles. The van der Waals surface area contributed by atoms with E-state index in [0.29, 0.717) is 42.7 Å². The number of fused-ring (bicyclic) bond motifs is 1. The van der Waals surface area contributed by atoms with E-state index >= 15 is 0 Å². The van der Waals surface area contributed by atoms with Crippen molar-refractivity contribution in [1.29, 1.82) is 0 Å². The van der Waals surface area contributed by atoms with E-state index in [4.69, 9.17) is 4.98 Å². The molecule has 2 aliphatic rings. The summed E-state index contributed by atoms with van der Waals surface area (Å²) >= 11 is 0. The number of aromatic nitrogens is 3. The van der Waals surface area contributed by atoms with Gasteiger partial charge in [0.1, 0.15) is 5.52 Å². The molecule has 1 aromatic carbocycles. The Balaban J connectivity index is 1.29. The number of anilines is 1. The topological polar surface area (TPSA) is 92.2 Å². The Morgan fingerprint density at radius 3 is 2.37 bits per heavy atom. The highest BCUT2D eigenvalue weighted by Crippen LogP contribution is 2.20. The van der Waals surface area contributed by atoms with Gasteiger partial charge in [-0.2, -0.15) is 0 Å². The van der Waals surface area contributed by atoms with Crippen LogP contribution in [-0.2, 0) is 6.54 Å². The van der Waals surface area contributed by atoms with E-state index in [1.54, 1.807) is 10.8 Å². The predicted molar refractivity (Wildman–Crippen MR) is 138 cm³/mol. The number of carbonyl (C=O) groups excluding carboxylic acids is 1. The Bertz CT molecular complexity index is 1220. The van der Waals surface area contributed by atoms with E-state index in [9.17, 15) is 9.59 Å². The summed E-state index contributed by atoms with van der Waals surface area (Å²) in [5, 5.41) is 6.28. The molecule has 184 valence electrons. The van der Waals surface area contributed by atoms with Crippen molar-refractivity contribution in [3.8, 4) is 0 Å². The van der Waals surface area contributed by atoms with Crippen LogP contribution >= 0.6 is 0 Å². The molecule has 0 unspecified atom stereocenters. The van der Waals surface area contributed by atoms with Crippen LogP contribution in [0.1, 0.15) is 56.1 Å². The lowest BCUT2D eigenvalue weighted by molar-refractivity contribution is 0.226. The van der Waals surface area contributed by atoms with Crippen molar-refractivity contribution in [2.24, 2.45) is 0 Å². The Kier molecular flexibility index (Phi) is 6.97. The first-order valence-corrected chi connectivity index (χ1v) is 12.8. The van der Waals surface area contributed by atoms with Gasteiger partial charge < -0.3 is 15.5 Å². The number of benzene rings is 1. The van der Waals surface area contributed by atoms with Crippen LogP contribution in [-0.4, -0.2) is 45.7 Å². The third kappa shape index (κ3) is 5.47. The van der Waals surface area contributed by atoms with Gasteiger partial charge in [0.25, 0.3) is 5.56 Å². The lowest BCUT2D eigenvalue weighted by atomic mass is 9.96. The third-order valence-electron chi connectivity index (χ3n) is 7.22. The summed E-state index contributed by atoms with van der Waals surface area (Å²) < 4.78 is 1.73. The second kappa shape index (κ2) is 10.5. The smallest absolute Gasteiger partial charge is 0.315 e. The average molecular weight is 475 g/mol. The van der Waals surface area contributed by atoms with E-state index in [0.717, 1.165) is 31.2 Å². The second-order valence-corrected chi connectivity index (χ2v) is 9.87. The van der Waals surface area contributed by atoms with E-state index in [2.05, 4.69) is 39.6 Å². The van der Waals surface area contributed by atoms with Crippen LogP contribution in [0.5, 0.6) is 0 Å². The first-order chi connectivity index (χ1) is 17.1. The zero-order chi connectivity index (χ0) is 24.2. The van der Waals surface area contributed by atoms with Crippen molar-refractivity contribution in [3.05, 3.63) is 64.1 Å². The lowest BCUT2D eigenvalue weighted by Crippen LogP contribution is -2.51. The molecule has 1 saturated heterocycles. The first-order valence-electron chi connectivity index (χ1n) is 12.8. The quantitative estimate of drug-likeness (QED) is 0.588. The maximum absolute atomic E-state index is 13.6. The zero-order valence-corrected chi connectivity index (χ0v) is 20.4. The van der Waals surface area contributed by atoms with Crippen LogP contribution in [0.4, 0.5) is 10.6 Å². The van der Waals surface area contributed by atoms with Crippen LogP contribution in [0.2, 0.25) is 0 Å². The summed E-state index contributed by atoms with van der Waals surface area (Å²) in [6.07, 6.45) is 9.06. The summed E-state index contributed by atoms with van der Waals surface area (Å²) in [7, 11) is 0. The van der Waals surface area contributed by atoms with E-state index in [1.165, 1.54) is 24.8 Å². The fraction of sp³-hybridized carbons (Fsp3) is 0.481. The van der Waals surface area contributed by atoms with Gasteiger partial charge in [0, 0.05) is 31.4 Å². The number of carbonyl (C=O) groups is 1. The van der Waals surface area contributed by atoms with Crippen LogP contribution < -0.4 is 21.1 Å². The molecule has 0 atom stereocenters. The highest BCUT2D eigenvalue weighted by molar-refractivity contribution is 5.74. The minimum Gasteiger partial charge on any atom is -0.352 e. The zero-order valence-electron chi connectivity index (χ0n) is 20.4.